The lowest BCUT2D eigenvalue weighted by atomic mass is 10.1. The summed E-state index contributed by atoms with van der Waals surface area (Å²) in [5.74, 6) is 0.0503. The Bertz CT molecular complexity index is 1370. The van der Waals surface area contributed by atoms with Gasteiger partial charge in [-0.15, -0.1) is 0 Å². The molecule has 0 radical (unpaired) electrons. The number of rotatable bonds is 8. The van der Waals surface area contributed by atoms with E-state index in [1.807, 2.05) is 22.8 Å². The van der Waals surface area contributed by atoms with Crippen molar-refractivity contribution < 1.29 is 18.4 Å². The fourth-order valence-corrected chi connectivity index (χ4v) is 6.93. The van der Waals surface area contributed by atoms with E-state index in [9.17, 15) is 4.79 Å². The first-order valence-corrected chi connectivity index (χ1v) is 20.0. The third-order valence-electron chi connectivity index (χ3n) is 8.89. The van der Waals surface area contributed by atoms with Gasteiger partial charge >= 0.3 is 0 Å². The van der Waals surface area contributed by atoms with Crippen molar-refractivity contribution in [3.8, 4) is 0 Å². The number of nitrogens with one attached hydrogen (secondary N) is 1. The lowest BCUT2D eigenvalue weighted by Gasteiger charge is -2.44. The highest BCUT2D eigenvalue weighted by Gasteiger charge is 2.54. The Morgan fingerprint density at radius 3 is 2.10 bits per heavy atom. The molecular weight excluding hydrogens is 553 g/mol. The average molecular weight is 599 g/mol. The molecule has 0 aliphatic carbocycles. The second kappa shape index (κ2) is 11.3. The van der Waals surface area contributed by atoms with Gasteiger partial charge in [0.05, 0.1) is 12.4 Å². The minimum Gasteiger partial charge on any atom is -0.408 e. The van der Waals surface area contributed by atoms with Crippen LogP contribution in [0.2, 0.25) is 36.3 Å². The number of carbonyl (C=O) groups excluding carboxylic acids is 1. The van der Waals surface area contributed by atoms with E-state index in [0.717, 1.165) is 0 Å². The van der Waals surface area contributed by atoms with Gasteiger partial charge in [0.2, 0.25) is 0 Å². The SMILES string of the molecule is CC(C)(C)[Si](C)(C)O[C@@H]1[C@H](O[Si](C)(C)C(C)(C)C)[C@@H](CN)O[C@H]1n1cnc2c(NC(=O)c3ccccc3)ncnc21. The van der Waals surface area contributed by atoms with Crippen LogP contribution in [-0.2, 0) is 13.6 Å². The van der Waals surface area contributed by atoms with Crippen molar-refractivity contribution >= 4 is 39.5 Å². The maximum atomic E-state index is 12.9. The summed E-state index contributed by atoms with van der Waals surface area (Å²) in [6, 6.07) is 8.99. The Labute approximate surface area is 245 Å². The monoisotopic (exact) mass is 598 g/mol. The summed E-state index contributed by atoms with van der Waals surface area (Å²) in [6.45, 7) is 22.5. The number of carbonyl (C=O) groups is 1. The van der Waals surface area contributed by atoms with E-state index >= 15 is 0 Å². The van der Waals surface area contributed by atoms with E-state index in [-0.39, 0.29) is 34.7 Å². The quantitative estimate of drug-likeness (QED) is 0.316. The summed E-state index contributed by atoms with van der Waals surface area (Å²) in [7, 11) is -4.49. The topological polar surface area (TPSA) is 126 Å². The molecule has 3 N–H and O–H groups in total. The molecular formula is C29H46N6O4Si2. The molecule has 1 saturated heterocycles. The number of nitrogens with two attached hydrogens (primary N) is 1. The van der Waals surface area contributed by atoms with Crippen molar-refractivity contribution in [3.05, 3.63) is 48.5 Å². The minimum atomic E-state index is -2.28. The number of amides is 1. The zero-order valence-electron chi connectivity index (χ0n) is 26.1. The number of hydrogen-bond donors (Lipinski definition) is 2. The van der Waals surface area contributed by atoms with E-state index in [1.165, 1.54) is 6.33 Å². The van der Waals surface area contributed by atoms with Crippen molar-refractivity contribution in [2.24, 2.45) is 5.73 Å². The van der Waals surface area contributed by atoms with Crippen molar-refractivity contribution in [2.75, 3.05) is 11.9 Å². The maximum Gasteiger partial charge on any atom is 0.256 e. The highest BCUT2D eigenvalue weighted by Crippen LogP contribution is 2.46. The van der Waals surface area contributed by atoms with E-state index in [0.29, 0.717) is 22.5 Å². The minimum absolute atomic E-state index is 0.00739. The van der Waals surface area contributed by atoms with Crippen LogP contribution in [0.4, 0.5) is 5.82 Å². The smallest absolute Gasteiger partial charge is 0.256 e. The van der Waals surface area contributed by atoms with Crippen LogP contribution in [-0.4, -0.2) is 66.9 Å². The fourth-order valence-electron chi connectivity index (χ4n) is 4.32. The van der Waals surface area contributed by atoms with Crippen LogP contribution in [0, 0.1) is 0 Å². The molecule has 1 aromatic carbocycles. The molecule has 224 valence electrons. The Kier molecular flexibility index (Phi) is 8.67. The second-order valence-corrected chi connectivity index (χ2v) is 23.4. The zero-order chi connectivity index (χ0) is 30.4. The summed E-state index contributed by atoms with van der Waals surface area (Å²) in [6.07, 6.45) is 1.34. The third kappa shape index (κ3) is 6.32. The fraction of sp³-hybridized carbons (Fsp3) is 0.586. The van der Waals surface area contributed by atoms with Crippen molar-refractivity contribution in [2.45, 2.75) is 102 Å². The molecule has 0 spiro atoms. The molecule has 3 heterocycles. The zero-order valence-corrected chi connectivity index (χ0v) is 28.1. The van der Waals surface area contributed by atoms with Crippen LogP contribution in [0.15, 0.2) is 43.0 Å². The summed E-state index contributed by atoms with van der Waals surface area (Å²) in [5.41, 5.74) is 7.81. The Morgan fingerprint density at radius 2 is 1.54 bits per heavy atom. The number of ether oxygens (including phenoxy) is 1. The molecule has 1 aliphatic rings. The van der Waals surface area contributed by atoms with Crippen molar-refractivity contribution in [1.29, 1.82) is 0 Å². The number of nitrogens with zero attached hydrogens (tertiary/aromatic N) is 4. The number of aromatic nitrogens is 4. The third-order valence-corrected chi connectivity index (χ3v) is 17.8. The molecule has 1 aliphatic heterocycles. The van der Waals surface area contributed by atoms with Crippen LogP contribution in [0.1, 0.15) is 58.1 Å². The number of hydrogen-bond acceptors (Lipinski definition) is 8. The number of anilines is 1. The first-order valence-electron chi connectivity index (χ1n) is 14.2. The standard InChI is InChI=1S/C29H46N6O4Si2/c1-28(2,3)40(7,8)38-22-20(16-30)37-27(23(22)39-41(9,10)29(4,5)6)35-18-33-21-24(31-17-32-25(21)35)34-26(36)19-14-12-11-13-15-19/h11-15,17-18,20,22-23,27H,16,30H2,1-10H3,(H,31,32,34,36)/t20-,22-,23-,27-/m1/s1. The first-order chi connectivity index (χ1) is 19.0. The molecule has 2 aromatic heterocycles. The van der Waals surface area contributed by atoms with Gasteiger partial charge in [-0.2, -0.15) is 0 Å². The molecule has 0 saturated carbocycles. The van der Waals surface area contributed by atoms with Gasteiger partial charge in [0.25, 0.3) is 5.91 Å². The van der Waals surface area contributed by atoms with Gasteiger partial charge in [0.15, 0.2) is 39.8 Å². The molecule has 41 heavy (non-hydrogen) atoms. The van der Waals surface area contributed by atoms with Crippen molar-refractivity contribution in [3.63, 3.8) is 0 Å². The highest BCUT2D eigenvalue weighted by atomic mass is 28.4. The number of benzene rings is 1. The maximum absolute atomic E-state index is 12.9. The summed E-state index contributed by atoms with van der Waals surface area (Å²) < 4.78 is 22.6. The van der Waals surface area contributed by atoms with Gasteiger partial charge in [-0.25, -0.2) is 15.0 Å². The molecule has 0 unspecified atom stereocenters. The van der Waals surface area contributed by atoms with Gasteiger partial charge in [0, 0.05) is 12.1 Å². The van der Waals surface area contributed by atoms with E-state index in [2.05, 4.69) is 88.0 Å². The van der Waals surface area contributed by atoms with E-state index < -0.39 is 29.0 Å². The molecule has 3 aromatic rings. The molecule has 4 rings (SSSR count). The summed E-state index contributed by atoms with van der Waals surface area (Å²) >= 11 is 0. The van der Waals surface area contributed by atoms with E-state index in [1.54, 1.807) is 18.5 Å². The van der Waals surface area contributed by atoms with Crippen LogP contribution >= 0.6 is 0 Å². The lowest BCUT2D eigenvalue weighted by molar-refractivity contribution is -0.0286. The molecule has 12 heteroatoms. The second-order valence-electron chi connectivity index (χ2n) is 13.9. The highest BCUT2D eigenvalue weighted by molar-refractivity contribution is 6.74. The van der Waals surface area contributed by atoms with Crippen molar-refractivity contribution in [1.82, 2.24) is 19.5 Å². The van der Waals surface area contributed by atoms with Gasteiger partial charge in [0.1, 0.15) is 18.5 Å². The van der Waals surface area contributed by atoms with Crippen LogP contribution in [0.3, 0.4) is 0 Å². The molecule has 10 nitrogen and oxygen atoms in total. The molecule has 1 fully saturated rings. The summed E-state index contributed by atoms with van der Waals surface area (Å²) in [5, 5.41) is 2.84. The largest absolute Gasteiger partial charge is 0.408 e. The van der Waals surface area contributed by atoms with E-state index in [4.69, 9.17) is 19.3 Å². The normalized spacial score (nSPS) is 22.3. The van der Waals surface area contributed by atoms with Crippen LogP contribution < -0.4 is 11.1 Å². The van der Waals surface area contributed by atoms with Gasteiger partial charge in [-0.3, -0.25) is 9.36 Å². The summed E-state index contributed by atoms with van der Waals surface area (Å²) in [4.78, 5) is 26.4. The number of imidazole rings is 1. The molecule has 4 atom stereocenters. The van der Waals surface area contributed by atoms with Crippen LogP contribution in [0.5, 0.6) is 0 Å². The van der Waals surface area contributed by atoms with Gasteiger partial charge in [-0.05, 0) is 48.4 Å². The average Bonchev–Trinajstić information content (AvgIpc) is 3.44. The van der Waals surface area contributed by atoms with Gasteiger partial charge < -0.3 is 24.6 Å². The van der Waals surface area contributed by atoms with Gasteiger partial charge in [-0.1, -0.05) is 59.7 Å². The predicted molar refractivity (Wildman–Crippen MR) is 167 cm³/mol. The van der Waals surface area contributed by atoms with Crippen LogP contribution in [0.25, 0.3) is 11.2 Å². The Hall–Kier alpha value is -2.49. The number of fused-ring (bicyclic) bond motifs is 1. The Balaban J connectivity index is 1.76. The first kappa shape index (κ1) is 31.4. The lowest BCUT2D eigenvalue weighted by Crippen LogP contribution is -2.54. The molecule has 1 amide bonds. The molecule has 0 bridgehead atoms. The predicted octanol–water partition coefficient (Wildman–Crippen LogP) is 5.72. The Morgan fingerprint density at radius 1 is 0.951 bits per heavy atom.